The molecule has 0 N–H and O–H groups in total. The molecule has 2 atom stereocenters. The maximum Gasteiger partial charge on any atom is 0.179 e. The first-order valence-electron chi connectivity index (χ1n) is 6.75. The van der Waals surface area contributed by atoms with E-state index in [2.05, 4.69) is 11.8 Å². The molecule has 0 spiro atoms. The van der Waals surface area contributed by atoms with Gasteiger partial charge in [-0.2, -0.15) is 0 Å². The van der Waals surface area contributed by atoms with Gasteiger partial charge < -0.3 is 4.90 Å². The van der Waals surface area contributed by atoms with Crippen LogP contribution in [0.3, 0.4) is 0 Å². The number of hydrogen-bond donors (Lipinski definition) is 0. The molecule has 1 aromatic rings. The quantitative estimate of drug-likeness (QED) is 0.790. The first kappa shape index (κ1) is 15.1. The van der Waals surface area contributed by atoms with E-state index >= 15 is 0 Å². The molecule has 3 nitrogen and oxygen atoms in total. The molecule has 0 aromatic heterocycles. The van der Waals surface area contributed by atoms with Crippen molar-refractivity contribution in [2.24, 2.45) is 5.92 Å². The number of carbonyl (C=O) groups is 1. The van der Waals surface area contributed by atoms with Crippen molar-refractivity contribution in [1.29, 1.82) is 0 Å². The van der Waals surface area contributed by atoms with Gasteiger partial charge in [0.1, 0.15) is 11.6 Å². The zero-order valence-corrected chi connectivity index (χ0v) is 12.1. The summed E-state index contributed by atoms with van der Waals surface area (Å²) in [5.41, 5.74) is -0.0349. The molecule has 0 bridgehead atoms. The highest BCUT2D eigenvalue weighted by atomic mass is 19.1. The molecule has 0 radical (unpaired) electrons. The van der Waals surface area contributed by atoms with E-state index in [9.17, 15) is 13.6 Å². The molecule has 0 amide bonds. The third-order valence-corrected chi connectivity index (χ3v) is 3.91. The molecular weight excluding hydrogens is 262 g/mol. The summed E-state index contributed by atoms with van der Waals surface area (Å²) in [4.78, 5) is 16.3. The second kappa shape index (κ2) is 5.97. The van der Waals surface area contributed by atoms with Crippen LogP contribution < -0.4 is 0 Å². The number of nitrogens with zero attached hydrogens (tertiary/aromatic N) is 2. The monoisotopic (exact) mass is 282 g/mol. The summed E-state index contributed by atoms with van der Waals surface area (Å²) in [5.74, 6) is -1.28. The second-order valence-electron chi connectivity index (χ2n) is 5.75. The lowest BCUT2D eigenvalue weighted by Gasteiger charge is -2.22. The lowest BCUT2D eigenvalue weighted by atomic mass is 10.1. The van der Waals surface area contributed by atoms with Crippen LogP contribution >= 0.6 is 0 Å². The molecule has 2 rings (SSSR count). The maximum atomic E-state index is 13.6. The Bertz CT molecular complexity index is 505. The molecule has 1 fully saturated rings. The van der Waals surface area contributed by atoms with Crippen molar-refractivity contribution >= 4 is 5.78 Å². The third kappa shape index (κ3) is 3.22. The highest BCUT2D eigenvalue weighted by Gasteiger charge is 2.32. The minimum atomic E-state index is -0.786. The van der Waals surface area contributed by atoms with Crippen LogP contribution in [-0.4, -0.2) is 55.4 Å². The van der Waals surface area contributed by atoms with Gasteiger partial charge in [0.2, 0.25) is 0 Å². The highest BCUT2D eigenvalue weighted by Crippen LogP contribution is 2.20. The van der Waals surface area contributed by atoms with Crippen LogP contribution in [0.1, 0.15) is 17.3 Å². The molecular formula is C15H20F2N2O. The van der Waals surface area contributed by atoms with Gasteiger partial charge in [-0.05, 0) is 32.1 Å². The fourth-order valence-electron chi connectivity index (χ4n) is 2.85. The summed E-state index contributed by atoms with van der Waals surface area (Å²) < 4.78 is 26.4. The van der Waals surface area contributed by atoms with Gasteiger partial charge in [0.15, 0.2) is 5.78 Å². The SMILES string of the molecule is CC1CN(CC(=O)c2ccc(F)cc2F)CC1N(C)C. The van der Waals surface area contributed by atoms with Gasteiger partial charge in [-0.3, -0.25) is 9.69 Å². The van der Waals surface area contributed by atoms with Crippen LogP contribution in [0.2, 0.25) is 0 Å². The van der Waals surface area contributed by atoms with Crippen LogP contribution in [0.4, 0.5) is 8.78 Å². The Hall–Kier alpha value is -1.33. The van der Waals surface area contributed by atoms with Crippen LogP contribution in [-0.2, 0) is 0 Å². The molecule has 0 saturated carbocycles. The number of rotatable bonds is 4. The van der Waals surface area contributed by atoms with Crippen molar-refractivity contribution in [3.63, 3.8) is 0 Å². The Labute approximate surface area is 118 Å². The van der Waals surface area contributed by atoms with Crippen LogP contribution in [0.25, 0.3) is 0 Å². The van der Waals surface area contributed by atoms with Gasteiger partial charge in [-0.1, -0.05) is 6.92 Å². The van der Waals surface area contributed by atoms with Crippen molar-refractivity contribution in [2.45, 2.75) is 13.0 Å². The Balaban J connectivity index is 2.02. The molecule has 110 valence electrons. The number of benzene rings is 1. The van der Waals surface area contributed by atoms with Gasteiger partial charge >= 0.3 is 0 Å². The standard InChI is InChI=1S/C15H20F2N2O/c1-10-7-19(8-14(10)18(2)3)9-15(20)12-5-4-11(16)6-13(12)17/h4-6,10,14H,7-9H2,1-3H3. The summed E-state index contributed by atoms with van der Waals surface area (Å²) in [6.07, 6.45) is 0. The summed E-state index contributed by atoms with van der Waals surface area (Å²) in [6, 6.07) is 3.49. The van der Waals surface area contributed by atoms with Crippen molar-refractivity contribution in [3.8, 4) is 0 Å². The zero-order valence-electron chi connectivity index (χ0n) is 12.1. The van der Waals surface area contributed by atoms with E-state index in [1.165, 1.54) is 6.07 Å². The topological polar surface area (TPSA) is 23.6 Å². The van der Waals surface area contributed by atoms with Crippen LogP contribution in [0.15, 0.2) is 18.2 Å². The number of likely N-dealkylation sites (tertiary alicyclic amines) is 1. The average molecular weight is 282 g/mol. The molecule has 1 heterocycles. The predicted octanol–water partition coefficient (Wildman–Crippen LogP) is 2.03. The van der Waals surface area contributed by atoms with Crippen molar-refractivity contribution < 1.29 is 13.6 Å². The van der Waals surface area contributed by atoms with E-state index in [-0.39, 0.29) is 17.9 Å². The van der Waals surface area contributed by atoms with E-state index in [0.29, 0.717) is 12.0 Å². The van der Waals surface area contributed by atoms with Crippen molar-refractivity contribution in [3.05, 3.63) is 35.4 Å². The van der Waals surface area contributed by atoms with E-state index in [0.717, 1.165) is 25.2 Å². The number of ketones is 1. The number of halogens is 2. The lowest BCUT2D eigenvalue weighted by Crippen LogP contribution is -2.35. The molecule has 1 aromatic carbocycles. The normalized spacial score (nSPS) is 23.5. The number of Topliss-reactive ketones (excluding diaryl/α,β-unsaturated/α-hetero) is 1. The van der Waals surface area contributed by atoms with Gasteiger partial charge in [0, 0.05) is 25.2 Å². The highest BCUT2D eigenvalue weighted by molar-refractivity contribution is 5.97. The van der Waals surface area contributed by atoms with E-state index in [1.54, 1.807) is 0 Å². The van der Waals surface area contributed by atoms with Crippen molar-refractivity contribution in [1.82, 2.24) is 9.80 Å². The first-order chi connectivity index (χ1) is 9.38. The summed E-state index contributed by atoms with van der Waals surface area (Å²) in [5, 5.41) is 0. The number of likely N-dealkylation sites (N-methyl/N-ethyl adjacent to an activating group) is 1. The fourth-order valence-corrected chi connectivity index (χ4v) is 2.85. The Morgan fingerprint density at radius 2 is 2.05 bits per heavy atom. The van der Waals surface area contributed by atoms with E-state index in [4.69, 9.17) is 0 Å². The molecule has 1 saturated heterocycles. The zero-order chi connectivity index (χ0) is 14.9. The Morgan fingerprint density at radius 3 is 2.60 bits per heavy atom. The predicted molar refractivity (Wildman–Crippen MR) is 73.8 cm³/mol. The largest absolute Gasteiger partial charge is 0.305 e. The van der Waals surface area contributed by atoms with E-state index < -0.39 is 11.6 Å². The lowest BCUT2D eigenvalue weighted by molar-refractivity contribution is 0.0937. The average Bonchev–Trinajstić information content (AvgIpc) is 2.70. The molecule has 1 aliphatic heterocycles. The minimum absolute atomic E-state index is 0.0349. The van der Waals surface area contributed by atoms with Crippen molar-refractivity contribution in [2.75, 3.05) is 33.7 Å². The van der Waals surface area contributed by atoms with Crippen LogP contribution in [0, 0.1) is 17.6 Å². The van der Waals surface area contributed by atoms with Crippen LogP contribution in [0.5, 0.6) is 0 Å². The van der Waals surface area contributed by atoms with Gasteiger partial charge in [-0.25, -0.2) is 8.78 Å². The molecule has 0 aliphatic carbocycles. The maximum absolute atomic E-state index is 13.6. The fraction of sp³-hybridized carbons (Fsp3) is 0.533. The first-order valence-corrected chi connectivity index (χ1v) is 6.75. The second-order valence-corrected chi connectivity index (χ2v) is 5.75. The Morgan fingerprint density at radius 1 is 1.35 bits per heavy atom. The van der Waals surface area contributed by atoms with E-state index in [1.807, 2.05) is 19.0 Å². The third-order valence-electron chi connectivity index (χ3n) is 3.91. The minimum Gasteiger partial charge on any atom is -0.305 e. The number of carbonyl (C=O) groups excluding carboxylic acids is 1. The summed E-state index contributed by atoms with van der Waals surface area (Å²) in [7, 11) is 4.04. The van der Waals surface area contributed by atoms with Gasteiger partial charge in [0.05, 0.1) is 12.1 Å². The summed E-state index contributed by atoms with van der Waals surface area (Å²) in [6.45, 7) is 3.94. The van der Waals surface area contributed by atoms with Gasteiger partial charge in [0.25, 0.3) is 0 Å². The number of hydrogen-bond acceptors (Lipinski definition) is 3. The molecule has 5 heteroatoms. The Kier molecular flexibility index (Phi) is 4.50. The smallest absolute Gasteiger partial charge is 0.179 e. The molecule has 20 heavy (non-hydrogen) atoms. The molecule has 2 unspecified atom stereocenters. The van der Waals surface area contributed by atoms with Gasteiger partial charge in [-0.15, -0.1) is 0 Å². The molecule has 1 aliphatic rings. The summed E-state index contributed by atoms with van der Waals surface area (Å²) >= 11 is 0.